The number of methoxy groups -OCH3 is 2. The van der Waals surface area contributed by atoms with Gasteiger partial charge in [-0.3, -0.25) is 9.59 Å². The summed E-state index contributed by atoms with van der Waals surface area (Å²) >= 11 is 0. The molecule has 1 aliphatic rings. The van der Waals surface area contributed by atoms with Gasteiger partial charge in [-0.1, -0.05) is 0 Å². The minimum absolute atomic E-state index is 0.545. The predicted octanol–water partition coefficient (Wildman–Crippen LogP) is 0.776. The van der Waals surface area contributed by atoms with Crippen LogP contribution < -0.4 is 14.9 Å². The van der Waals surface area contributed by atoms with Gasteiger partial charge in [0, 0.05) is 24.7 Å². The van der Waals surface area contributed by atoms with Crippen LogP contribution >= 0.6 is 0 Å². The summed E-state index contributed by atoms with van der Waals surface area (Å²) in [6, 6.07) is 5.20. The van der Waals surface area contributed by atoms with Gasteiger partial charge < -0.3 is 14.4 Å². The van der Waals surface area contributed by atoms with E-state index in [9.17, 15) is 9.59 Å². The zero-order chi connectivity index (χ0) is 15.9. The second-order valence-electron chi connectivity index (χ2n) is 4.81. The maximum atomic E-state index is 11.8. The second kappa shape index (κ2) is 7.44. The standard InChI is InChI=1S/C15H19N3O4/c1-21-12-6-5-11(13(9-12)22-2)10-16-17-14(19)15(20)18-7-3-4-8-18/h5-6,9-10H,3-4,7-8H2,1-2H3,(H,17,19)/b16-10-. The molecule has 1 aromatic rings. The molecule has 22 heavy (non-hydrogen) atoms. The number of benzene rings is 1. The third-order valence-electron chi connectivity index (χ3n) is 3.40. The Labute approximate surface area is 128 Å². The van der Waals surface area contributed by atoms with Gasteiger partial charge in [-0.25, -0.2) is 5.43 Å². The number of hydrogen-bond donors (Lipinski definition) is 1. The summed E-state index contributed by atoms with van der Waals surface area (Å²) in [6.07, 6.45) is 3.30. The summed E-state index contributed by atoms with van der Waals surface area (Å²) in [7, 11) is 3.09. The lowest BCUT2D eigenvalue weighted by molar-refractivity contribution is -0.145. The Bertz CT molecular complexity index is 580. The van der Waals surface area contributed by atoms with Gasteiger partial charge in [0.1, 0.15) is 11.5 Å². The molecule has 1 fully saturated rings. The van der Waals surface area contributed by atoms with Crippen LogP contribution in [0.1, 0.15) is 18.4 Å². The van der Waals surface area contributed by atoms with Gasteiger partial charge in [-0.15, -0.1) is 0 Å². The normalized spacial score (nSPS) is 14.2. The van der Waals surface area contributed by atoms with Crippen molar-refractivity contribution >= 4 is 18.0 Å². The van der Waals surface area contributed by atoms with Gasteiger partial charge in [0.05, 0.1) is 20.4 Å². The number of carbonyl (C=O) groups is 2. The minimum atomic E-state index is -0.731. The van der Waals surface area contributed by atoms with E-state index in [0.29, 0.717) is 30.2 Å². The average Bonchev–Trinajstić information content (AvgIpc) is 3.08. The van der Waals surface area contributed by atoms with Crippen LogP contribution in [0.3, 0.4) is 0 Å². The molecule has 0 aromatic heterocycles. The third kappa shape index (κ3) is 3.75. The zero-order valence-electron chi connectivity index (χ0n) is 12.7. The fraction of sp³-hybridized carbons (Fsp3) is 0.400. The first-order valence-electron chi connectivity index (χ1n) is 7.00. The first-order chi connectivity index (χ1) is 10.7. The Hall–Kier alpha value is -2.57. The van der Waals surface area contributed by atoms with E-state index in [2.05, 4.69) is 10.5 Å². The van der Waals surface area contributed by atoms with E-state index in [4.69, 9.17) is 9.47 Å². The van der Waals surface area contributed by atoms with Crippen molar-refractivity contribution in [3.8, 4) is 11.5 Å². The highest BCUT2D eigenvalue weighted by molar-refractivity contribution is 6.35. The molecule has 0 aliphatic carbocycles. The molecule has 118 valence electrons. The van der Waals surface area contributed by atoms with E-state index in [1.807, 2.05) is 0 Å². The molecule has 0 atom stereocenters. The monoisotopic (exact) mass is 305 g/mol. The molecule has 1 saturated heterocycles. The number of nitrogens with zero attached hydrogens (tertiary/aromatic N) is 2. The predicted molar refractivity (Wildman–Crippen MR) is 81.1 cm³/mol. The summed E-state index contributed by atoms with van der Waals surface area (Å²) in [5.41, 5.74) is 2.90. The van der Waals surface area contributed by atoms with E-state index in [-0.39, 0.29) is 0 Å². The number of hydrogen-bond acceptors (Lipinski definition) is 5. The Morgan fingerprint density at radius 3 is 2.59 bits per heavy atom. The second-order valence-corrected chi connectivity index (χ2v) is 4.81. The molecule has 0 radical (unpaired) electrons. The summed E-state index contributed by atoms with van der Waals surface area (Å²) in [4.78, 5) is 25.0. The van der Waals surface area contributed by atoms with Crippen LogP contribution in [0.2, 0.25) is 0 Å². The highest BCUT2D eigenvalue weighted by Gasteiger charge is 2.23. The van der Waals surface area contributed by atoms with Crippen molar-refractivity contribution in [2.24, 2.45) is 5.10 Å². The van der Waals surface area contributed by atoms with Crippen molar-refractivity contribution in [2.75, 3.05) is 27.3 Å². The van der Waals surface area contributed by atoms with Gasteiger partial charge in [0.25, 0.3) is 0 Å². The molecule has 7 nitrogen and oxygen atoms in total. The van der Waals surface area contributed by atoms with E-state index < -0.39 is 11.8 Å². The molecule has 1 heterocycles. The molecule has 2 rings (SSSR count). The van der Waals surface area contributed by atoms with E-state index in [1.165, 1.54) is 18.2 Å². The van der Waals surface area contributed by atoms with Gasteiger partial charge in [0.15, 0.2) is 0 Å². The quantitative estimate of drug-likeness (QED) is 0.506. The molecule has 1 aromatic carbocycles. The number of likely N-dealkylation sites (tertiary alicyclic amines) is 1. The zero-order valence-corrected chi connectivity index (χ0v) is 12.7. The van der Waals surface area contributed by atoms with Gasteiger partial charge in [-0.2, -0.15) is 5.10 Å². The summed E-state index contributed by atoms with van der Waals surface area (Å²) in [5.74, 6) is -0.0626. The first kappa shape index (κ1) is 15.8. The number of rotatable bonds is 4. The molecule has 2 amide bonds. The summed E-state index contributed by atoms with van der Waals surface area (Å²) < 4.78 is 10.3. The van der Waals surface area contributed by atoms with Crippen molar-refractivity contribution in [1.82, 2.24) is 10.3 Å². The maximum absolute atomic E-state index is 11.8. The fourth-order valence-electron chi connectivity index (χ4n) is 2.20. The number of ether oxygens (including phenoxy) is 2. The van der Waals surface area contributed by atoms with Crippen molar-refractivity contribution in [1.29, 1.82) is 0 Å². The number of hydrazone groups is 1. The Kier molecular flexibility index (Phi) is 5.35. The smallest absolute Gasteiger partial charge is 0.329 e. The highest BCUT2D eigenvalue weighted by atomic mass is 16.5. The van der Waals surface area contributed by atoms with Crippen LogP contribution in [-0.2, 0) is 9.59 Å². The molecular formula is C15H19N3O4. The van der Waals surface area contributed by atoms with Crippen molar-refractivity contribution in [3.63, 3.8) is 0 Å². The van der Waals surface area contributed by atoms with Crippen LogP contribution in [0, 0.1) is 0 Å². The maximum Gasteiger partial charge on any atom is 0.329 e. The molecule has 0 saturated carbocycles. The van der Waals surface area contributed by atoms with Crippen molar-refractivity contribution in [2.45, 2.75) is 12.8 Å². The number of nitrogens with one attached hydrogen (secondary N) is 1. The molecular weight excluding hydrogens is 286 g/mol. The fourth-order valence-corrected chi connectivity index (χ4v) is 2.20. The van der Waals surface area contributed by atoms with Gasteiger partial charge in [0.2, 0.25) is 0 Å². The Morgan fingerprint density at radius 2 is 1.95 bits per heavy atom. The lowest BCUT2D eigenvalue weighted by atomic mass is 10.2. The first-order valence-corrected chi connectivity index (χ1v) is 7.00. The lowest BCUT2D eigenvalue weighted by Crippen LogP contribution is -2.39. The van der Waals surface area contributed by atoms with E-state index in [0.717, 1.165) is 12.8 Å². The van der Waals surface area contributed by atoms with Crippen LogP contribution in [0.5, 0.6) is 11.5 Å². The topological polar surface area (TPSA) is 80.2 Å². The largest absolute Gasteiger partial charge is 0.497 e. The Balaban J connectivity index is 1.97. The van der Waals surface area contributed by atoms with Crippen LogP contribution in [-0.4, -0.2) is 50.2 Å². The van der Waals surface area contributed by atoms with Crippen molar-refractivity contribution < 1.29 is 19.1 Å². The van der Waals surface area contributed by atoms with E-state index >= 15 is 0 Å². The number of amides is 2. The third-order valence-corrected chi connectivity index (χ3v) is 3.40. The molecule has 0 spiro atoms. The summed E-state index contributed by atoms with van der Waals surface area (Å²) in [6.45, 7) is 1.25. The van der Waals surface area contributed by atoms with Crippen LogP contribution in [0.15, 0.2) is 23.3 Å². The van der Waals surface area contributed by atoms with Gasteiger partial charge >= 0.3 is 11.8 Å². The highest BCUT2D eigenvalue weighted by Crippen LogP contribution is 2.22. The Morgan fingerprint density at radius 1 is 1.23 bits per heavy atom. The molecule has 1 N–H and O–H groups in total. The average molecular weight is 305 g/mol. The van der Waals surface area contributed by atoms with Crippen molar-refractivity contribution in [3.05, 3.63) is 23.8 Å². The lowest BCUT2D eigenvalue weighted by Gasteiger charge is -2.12. The SMILES string of the molecule is COc1ccc(/C=N\NC(=O)C(=O)N2CCCC2)c(OC)c1. The summed E-state index contributed by atoms with van der Waals surface area (Å²) in [5, 5.41) is 3.81. The van der Waals surface area contributed by atoms with Gasteiger partial charge in [-0.05, 0) is 25.0 Å². The molecule has 1 aliphatic heterocycles. The minimum Gasteiger partial charge on any atom is -0.497 e. The van der Waals surface area contributed by atoms with Crippen LogP contribution in [0.4, 0.5) is 0 Å². The van der Waals surface area contributed by atoms with E-state index in [1.54, 1.807) is 25.3 Å². The number of carbonyl (C=O) groups excluding carboxylic acids is 2. The molecule has 0 unspecified atom stereocenters. The van der Waals surface area contributed by atoms with Crippen LogP contribution in [0.25, 0.3) is 0 Å². The molecule has 0 bridgehead atoms. The molecule has 7 heteroatoms.